The molecule has 1 saturated carbocycles. The maximum atomic E-state index is 13.7. The van der Waals surface area contributed by atoms with E-state index >= 15 is 0 Å². The van der Waals surface area contributed by atoms with Crippen LogP contribution in [-0.2, 0) is 0 Å². The fourth-order valence-electron chi connectivity index (χ4n) is 2.73. The predicted molar refractivity (Wildman–Crippen MR) is 69.1 cm³/mol. The third kappa shape index (κ3) is 2.15. The standard InChI is InChI=1S/C14H14F3N3/c15-9-5-11(17)13(6-10(9)16)20-7-12(18)14(19-20)8-3-1-2-4-8/h5-8H,1-4,18H2. The van der Waals surface area contributed by atoms with Crippen LogP contribution in [0.15, 0.2) is 18.3 Å². The molecule has 3 nitrogen and oxygen atoms in total. The van der Waals surface area contributed by atoms with Crippen LogP contribution in [0.25, 0.3) is 5.69 Å². The molecule has 1 aromatic heterocycles. The lowest BCUT2D eigenvalue weighted by Crippen LogP contribution is -2.03. The first kappa shape index (κ1) is 13.0. The molecule has 0 aliphatic heterocycles. The summed E-state index contributed by atoms with van der Waals surface area (Å²) >= 11 is 0. The quantitative estimate of drug-likeness (QED) is 0.856. The van der Waals surface area contributed by atoms with Crippen molar-refractivity contribution in [2.45, 2.75) is 31.6 Å². The minimum absolute atomic E-state index is 0.139. The second kappa shape index (κ2) is 4.85. The molecule has 1 heterocycles. The van der Waals surface area contributed by atoms with E-state index in [2.05, 4.69) is 5.10 Å². The molecule has 20 heavy (non-hydrogen) atoms. The topological polar surface area (TPSA) is 43.8 Å². The molecule has 1 aromatic carbocycles. The monoisotopic (exact) mass is 281 g/mol. The molecule has 2 aromatic rings. The first-order chi connectivity index (χ1) is 9.56. The van der Waals surface area contributed by atoms with Crippen LogP contribution in [0.1, 0.15) is 37.3 Å². The Bertz CT molecular complexity index is 645. The molecule has 0 radical (unpaired) electrons. The summed E-state index contributed by atoms with van der Waals surface area (Å²) in [6.07, 6.45) is 5.69. The van der Waals surface area contributed by atoms with E-state index in [9.17, 15) is 13.2 Å². The summed E-state index contributed by atoms with van der Waals surface area (Å²) in [6, 6.07) is 1.30. The number of nitrogens with zero attached hydrogens (tertiary/aromatic N) is 2. The molecule has 106 valence electrons. The van der Waals surface area contributed by atoms with Crippen molar-refractivity contribution in [3.63, 3.8) is 0 Å². The Labute approximate surface area is 114 Å². The van der Waals surface area contributed by atoms with E-state index in [0.29, 0.717) is 17.4 Å². The van der Waals surface area contributed by atoms with E-state index in [4.69, 9.17) is 5.73 Å². The van der Waals surface area contributed by atoms with Gasteiger partial charge >= 0.3 is 0 Å². The molecule has 0 atom stereocenters. The average Bonchev–Trinajstić information content (AvgIpc) is 3.02. The fraction of sp³-hybridized carbons (Fsp3) is 0.357. The molecule has 0 spiro atoms. The summed E-state index contributed by atoms with van der Waals surface area (Å²) in [6.45, 7) is 0. The van der Waals surface area contributed by atoms with E-state index in [0.717, 1.165) is 31.7 Å². The van der Waals surface area contributed by atoms with Crippen molar-refractivity contribution in [3.8, 4) is 5.69 Å². The lowest BCUT2D eigenvalue weighted by Gasteiger charge is -2.06. The number of anilines is 1. The van der Waals surface area contributed by atoms with Gasteiger partial charge in [-0.05, 0) is 12.8 Å². The Morgan fingerprint density at radius 1 is 1.05 bits per heavy atom. The Morgan fingerprint density at radius 3 is 2.40 bits per heavy atom. The van der Waals surface area contributed by atoms with Gasteiger partial charge in [0, 0.05) is 18.1 Å². The van der Waals surface area contributed by atoms with Crippen LogP contribution in [0.5, 0.6) is 0 Å². The molecule has 6 heteroatoms. The highest BCUT2D eigenvalue weighted by Gasteiger charge is 2.23. The minimum Gasteiger partial charge on any atom is -0.396 e. The summed E-state index contributed by atoms with van der Waals surface area (Å²) < 4.78 is 41.1. The maximum absolute atomic E-state index is 13.7. The molecule has 1 aliphatic rings. The molecular weight excluding hydrogens is 267 g/mol. The summed E-state index contributed by atoms with van der Waals surface area (Å²) in [7, 11) is 0. The summed E-state index contributed by atoms with van der Waals surface area (Å²) in [5.41, 5.74) is 6.94. The van der Waals surface area contributed by atoms with Crippen LogP contribution < -0.4 is 5.73 Å². The van der Waals surface area contributed by atoms with Crippen LogP contribution in [0, 0.1) is 17.5 Å². The number of hydrogen-bond acceptors (Lipinski definition) is 2. The number of aromatic nitrogens is 2. The third-order valence-electron chi connectivity index (χ3n) is 3.75. The van der Waals surface area contributed by atoms with Gasteiger partial charge in [0.1, 0.15) is 5.69 Å². The van der Waals surface area contributed by atoms with Crippen molar-refractivity contribution in [2.24, 2.45) is 0 Å². The van der Waals surface area contributed by atoms with Gasteiger partial charge in [0.05, 0.1) is 17.6 Å². The van der Waals surface area contributed by atoms with Crippen molar-refractivity contribution in [2.75, 3.05) is 5.73 Å². The van der Waals surface area contributed by atoms with Crippen molar-refractivity contribution in [3.05, 3.63) is 41.5 Å². The Balaban J connectivity index is 2.03. The maximum Gasteiger partial charge on any atom is 0.161 e. The van der Waals surface area contributed by atoms with Gasteiger partial charge in [-0.1, -0.05) is 12.8 Å². The highest BCUT2D eigenvalue weighted by molar-refractivity contribution is 5.46. The molecule has 0 bridgehead atoms. The number of benzene rings is 1. The van der Waals surface area contributed by atoms with E-state index in [-0.39, 0.29) is 11.6 Å². The van der Waals surface area contributed by atoms with Crippen LogP contribution in [0.3, 0.4) is 0 Å². The normalized spacial score (nSPS) is 15.9. The van der Waals surface area contributed by atoms with Crippen molar-refractivity contribution in [1.29, 1.82) is 0 Å². The molecule has 2 N–H and O–H groups in total. The molecule has 1 aliphatic carbocycles. The number of rotatable bonds is 2. The molecule has 3 rings (SSSR count). The van der Waals surface area contributed by atoms with Crippen molar-refractivity contribution in [1.82, 2.24) is 9.78 Å². The second-order valence-electron chi connectivity index (χ2n) is 5.11. The lowest BCUT2D eigenvalue weighted by molar-refractivity contribution is 0.491. The zero-order valence-corrected chi connectivity index (χ0v) is 10.7. The summed E-state index contributed by atoms with van der Waals surface area (Å²) in [5, 5.41) is 4.26. The first-order valence-corrected chi connectivity index (χ1v) is 6.56. The average molecular weight is 281 g/mol. The van der Waals surface area contributed by atoms with Crippen LogP contribution >= 0.6 is 0 Å². The Kier molecular flexibility index (Phi) is 3.16. The molecular formula is C14H14F3N3. The highest BCUT2D eigenvalue weighted by atomic mass is 19.2. The van der Waals surface area contributed by atoms with Gasteiger partial charge in [-0.25, -0.2) is 17.9 Å². The van der Waals surface area contributed by atoms with Crippen LogP contribution in [-0.4, -0.2) is 9.78 Å². The largest absolute Gasteiger partial charge is 0.396 e. The van der Waals surface area contributed by atoms with Gasteiger partial charge in [-0.2, -0.15) is 5.10 Å². The second-order valence-corrected chi connectivity index (χ2v) is 5.11. The van der Waals surface area contributed by atoms with E-state index in [1.54, 1.807) is 0 Å². The summed E-state index contributed by atoms with van der Waals surface area (Å²) in [5.74, 6) is -2.94. The number of nitrogens with two attached hydrogens (primary N) is 1. The SMILES string of the molecule is Nc1cn(-c2cc(F)c(F)cc2F)nc1C1CCCC1. The smallest absolute Gasteiger partial charge is 0.161 e. The molecule has 0 amide bonds. The molecule has 0 unspecified atom stereocenters. The Morgan fingerprint density at radius 2 is 1.70 bits per heavy atom. The zero-order chi connectivity index (χ0) is 14.3. The zero-order valence-electron chi connectivity index (χ0n) is 10.7. The van der Waals surface area contributed by atoms with Gasteiger partial charge < -0.3 is 5.73 Å². The summed E-state index contributed by atoms with van der Waals surface area (Å²) in [4.78, 5) is 0. The Hall–Kier alpha value is -1.98. The predicted octanol–water partition coefficient (Wildman–Crippen LogP) is 3.53. The number of nitrogen functional groups attached to an aromatic ring is 1. The van der Waals surface area contributed by atoms with Gasteiger partial charge in [0.15, 0.2) is 17.5 Å². The minimum atomic E-state index is -1.22. The van der Waals surface area contributed by atoms with Crippen LogP contribution in [0.4, 0.5) is 18.9 Å². The van der Waals surface area contributed by atoms with Crippen molar-refractivity contribution < 1.29 is 13.2 Å². The van der Waals surface area contributed by atoms with Gasteiger partial charge in [0.25, 0.3) is 0 Å². The van der Waals surface area contributed by atoms with E-state index in [1.165, 1.54) is 10.9 Å². The van der Waals surface area contributed by atoms with Crippen molar-refractivity contribution >= 4 is 5.69 Å². The third-order valence-corrected chi connectivity index (χ3v) is 3.75. The molecule has 1 fully saturated rings. The fourth-order valence-corrected chi connectivity index (χ4v) is 2.73. The number of halogens is 3. The lowest BCUT2D eigenvalue weighted by atomic mass is 10.0. The van der Waals surface area contributed by atoms with Gasteiger partial charge in [-0.3, -0.25) is 0 Å². The first-order valence-electron chi connectivity index (χ1n) is 6.56. The molecule has 0 saturated heterocycles. The van der Waals surface area contributed by atoms with Gasteiger partial charge in [-0.15, -0.1) is 0 Å². The van der Waals surface area contributed by atoms with E-state index < -0.39 is 17.5 Å². The van der Waals surface area contributed by atoms with E-state index in [1.807, 2.05) is 0 Å². The highest BCUT2D eigenvalue weighted by Crippen LogP contribution is 2.36. The number of hydrogen-bond donors (Lipinski definition) is 1. The van der Waals surface area contributed by atoms with Gasteiger partial charge in [0.2, 0.25) is 0 Å². The van der Waals surface area contributed by atoms with Crippen LogP contribution in [0.2, 0.25) is 0 Å².